The van der Waals surface area contributed by atoms with Crippen molar-refractivity contribution in [2.45, 2.75) is 0 Å². The van der Waals surface area contributed by atoms with Crippen LogP contribution in [0.1, 0.15) is 15.9 Å². The van der Waals surface area contributed by atoms with Crippen LogP contribution in [0, 0.1) is 0 Å². The minimum atomic E-state index is -1.04. The SMILES string of the molecule is CON=Cc1ccc(OC)c(C(=O)O)c1. The minimum Gasteiger partial charge on any atom is -0.496 e. The number of oxime groups is 1. The Morgan fingerprint density at radius 2 is 2.20 bits per heavy atom. The van der Waals surface area contributed by atoms with Crippen LogP contribution in [0.4, 0.5) is 0 Å². The zero-order valence-corrected chi connectivity index (χ0v) is 8.43. The van der Waals surface area contributed by atoms with E-state index in [1.807, 2.05) is 0 Å². The zero-order chi connectivity index (χ0) is 11.3. The summed E-state index contributed by atoms with van der Waals surface area (Å²) < 4.78 is 4.91. The third-order valence-electron chi connectivity index (χ3n) is 1.76. The van der Waals surface area contributed by atoms with E-state index in [2.05, 4.69) is 9.99 Å². The molecule has 0 fully saturated rings. The van der Waals surface area contributed by atoms with Crippen LogP contribution in [0.3, 0.4) is 0 Å². The molecule has 0 spiro atoms. The molecular formula is C10H11NO4. The van der Waals surface area contributed by atoms with Crippen molar-refractivity contribution < 1.29 is 19.5 Å². The van der Waals surface area contributed by atoms with Crippen molar-refractivity contribution in [2.75, 3.05) is 14.2 Å². The van der Waals surface area contributed by atoms with Gasteiger partial charge in [0.1, 0.15) is 18.4 Å². The minimum absolute atomic E-state index is 0.0950. The van der Waals surface area contributed by atoms with Crippen molar-refractivity contribution in [3.63, 3.8) is 0 Å². The maximum atomic E-state index is 10.9. The van der Waals surface area contributed by atoms with Gasteiger partial charge in [0.2, 0.25) is 0 Å². The lowest BCUT2D eigenvalue weighted by molar-refractivity contribution is 0.0693. The summed E-state index contributed by atoms with van der Waals surface area (Å²) in [6, 6.07) is 4.72. The van der Waals surface area contributed by atoms with E-state index in [-0.39, 0.29) is 5.56 Å². The van der Waals surface area contributed by atoms with E-state index in [4.69, 9.17) is 9.84 Å². The van der Waals surface area contributed by atoms with Crippen LogP contribution in [0.5, 0.6) is 5.75 Å². The number of rotatable bonds is 4. The third kappa shape index (κ3) is 2.70. The van der Waals surface area contributed by atoms with Crippen molar-refractivity contribution >= 4 is 12.2 Å². The fourth-order valence-electron chi connectivity index (χ4n) is 1.09. The topological polar surface area (TPSA) is 68.1 Å². The highest BCUT2D eigenvalue weighted by Gasteiger charge is 2.10. The fraction of sp³-hybridized carbons (Fsp3) is 0.200. The van der Waals surface area contributed by atoms with Gasteiger partial charge < -0.3 is 14.7 Å². The molecule has 0 saturated carbocycles. The summed E-state index contributed by atoms with van der Waals surface area (Å²) in [4.78, 5) is 15.3. The Morgan fingerprint density at radius 3 is 2.73 bits per heavy atom. The highest BCUT2D eigenvalue weighted by Crippen LogP contribution is 2.18. The van der Waals surface area contributed by atoms with E-state index in [0.717, 1.165) is 0 Å². The van der Waals surface area contributed by atoms with Crippen LogP contribution in [-0.4, -0.2) is 31.5 Å². The van der Waals surface area contributed by atoms with Crippen LogP contribution in [0.25, 0.3) is 0 Å². The van der Waals surface area contributed by atoms with Gasteiger partial charge in [-0.3, -0.25) is 0 Å². The van der Waals surface area contributed by atoms with Crippen LogP contribution in [0.15, 0.2) is 23.4 Å². The molecule has 1 aromatic rings. The number of ether oxygens (including phenoxy) is 1. The van der Waals surface area contributed by atoms with E-state index in [1.54, 1.807) is 12.1 Å². The first kappa shape index (κ1) is 11.0. The monoisotopic (exact) mass is 209 g/mol. The molecule has 5 nitrogen and oxygen atoms in total. The molecule has 5 heteroatoms. The number of carboxylic acid groups (broad SMARTS) is 1. The molecule has 0 aliphatic heterocycles. The Balaban J connectivity index is 3.10. The second-order valence-corrected chi connectivity index (χ2v) is 2.68. The Hall–Kier alpha value is -2.04. The number of methoxy groups -OCH3 is 1. The molecule has 1 rings (SSSR count). The highest BCUT2D eigenvalue weighted by atomic mass is 16.6. The summed E-state index contributed by atoms with van der Waals surface area (Å²) in [7, 11) is 2.84. The smallest absolute Gasteiger partial charge is 0.339 e. The summed E-state index contributed by atoms with van der Waals surface area (Å²) in [5, 5.41) is 12.4. The first-order chi connectivity index (χ1) is 7.19. The maximum Gasteiger partial charge on any atom is 0.339 e. The number of benzene rings is 1. The molecule has 0 amide bonds. The quantitative estimate of drug-likeness (QED) is 0.600. The average molecular weight is 209 g/mol. The number of aromatic carboxylic acids is 1. The van der Waals surface area contributed by atoms with E-state index in [1.165, 1.54) is 26.5 Å². The molecule has 1 N–H and O–H groups in total. The van der Waals surface area contributed by atoms with Crippen LogP contribution in [0.2, 0.25) is 0 Å². The Labute approximate surface area is 86.9 Å². The normalized spacial score (nSPS) is 10.3. The van der Waals surface area contributed by atoms with E-state index in [0.29, 0.717) is 11.3 Å². The Bertz CT molecular complexity index is 387. The number of hydrogen-bond acceptors (Lipinski definition) is 4. The predicted molar refractivity (Wildman–Crippen MR) is 54.6 cm³/mol. The summed E-state index contributed by atoms with van der Waals surface area (Å²) in [6.45, 7) is 0. The van der Waals surface area contributed by atoms with Crippen molar-refractivity contribution in [3.05, 3.63) is 29.3 Å². The second kappa shape index (κ2) is 4.99. The molecule has 0 bridgehead atoms. The first-order valence-electron chi connectivity index (χ1n) is 4.17. The number of carbonyl (C=O) groups is 1. The molecule has 0 heterocycles. The summed E-state index contributed by atoms with van der Waals surface area (Å²) in [5.41, 5.74) is 0.729. The second-order valence-electron chi connectivity index (χ2n) is 2.68. The Kier molecular flexibility index (Phi) is 3.68. The molecule has 0 radical (unpaired) electrons. The maximum absolute atomic E-state index is 10.9. The van der Waals surface area contributed by atoms with Crippen molar-refractivity contribution in [1.29, 1.82) is 0 Å². The summed E-state index contributed by atoms with van der Waals surface area (Å²) in [6.07, 6.45) is 1.42. The largest absolute Gasteiger partial charge is 0.496 e. The summed E-state index contributed by atoms with van der Waals surface area (Å²) >= 11 is 0. The van der Waals surface area contributed by atoms with E-state index < -0.39 is 5.97 Å². The molecule has 0 atom stereocenters. The van der Waals surface area contributed by atoms with Crippen molar-refractivity contribution in [3.8, 4) is 5.75 Å². The van der Waals surface area contributed by atoms with Gasteiger partial charge in [0, 0.05) is 0 Å². The molecule has 0 saturated heterocycles. The van der Waals surface area contributed by atoms with Gasteiger partial charge in [-0.15, -0.1) is 0 Å². The first-order valence-corrected chi connectivity index (χ1v) is 4.17. The van der Waals surface area contributed by atoms with Gasteiger partial charge in [-0.25, -0.2) is 4.79 Å². The van der Waals surface area contributed by atoms with Gasteiger partial charge in [0.25, 0.3) is 0 Å². The van der Waals surface area contributed by atoms with Gasteiger partial charge >= 0.3 is 5.97 Å². The lowest BCUT2D eigenvalue weighted by atomic mass is 10.1. The van der Waals surface area contributed by atoms with Crippen molar-refractivity contribution in [1.82, 2.24) is 0 Å². The Morgan fingerprint density at radius 1 is 1.47 bits per heavy atom. The predicted octanol–water partition coefficient (Wildman–Crippen LogP) is 1.37. The third-order valence-corrected chi connectivity index (χ3v) is 1.76. The fourth-order valence-corrected chi connectivity index (χ4v) is 1.09. The molecule has 0 unspecified atom stereocenters. The molecule has 1 aromatic carbocycles. The van der Waals surface area contributed by atoms with Crippen LogP contribution in [-0.2, 0) is 4.84 Å². The zero-order valence-electron chi connectivity index (χ0n) is 8.43. The molecule has 15 heavy (non-hydrogen) atoms. The lowest BCUT2D eigenvalue weighted by Crippen LogP contribution is -2.01. The standard InChI is InChI=1S/C10H11NO4/c1-14-9-4-3-7(6-11-15-2)5-8(9)10(12)13/h3-6H,1-2H3,(H,12,13). The highest BCUT2D eigenvalue weighted by molar-refractivity contribution is 5.93. The molecule has 0 aliphatic carbocycles. The lowest BCUT2D eigenvalue weighted by Gasteiger charge is -2.04. The van der Waals surface area contributed by atoms with Crippen LogP contribution < -0.4 is 4.74 Å². The molecule has 80 valence electrons. The van der Waals surface area contributed by atoms with E-state index in [9.17, 15) is 4.79 Å². The van der Waals surface area contributed by atoms with Gasteiger partial charge in [-0.1, -0.05) is 5.16 Å². The number of carboxylic acids is 1. The number of hydrogen-bond donors (Lipinski definition) is 1. The molecular weight excluding hydrogens is 198 g/mol. The van der Waals surface area contributed by atoms with Gasteiger partial charge in [-0.2, -0.15) is 0 Å². The average Bonchev–Trinajstić information content (AvgIpc) is 2.25. The van der Waals surface area contributed by atoms with E-state index >= 15 is 0 Å². The van der Waals surface area contributed by atoms with Crippen molar-refractivity contribution in [2.24, 2.45) is 5.16 Å². The van der Waals surface area contributed by atoms with Gasteiger partial charge in [0.05, 0.1) is 13.3 Å². The molecule has 0 aliphatic rings. The van der Waals surface area contributed by atoms with Crippen LogP contribution >= 0.6 is 0 Å². The summed E-state index contributed by atoms with van der Waals surface area (Å²) in [5.74, 6) is -0.725. The molecule has 0 aromatic heterocycles. The van der Waals surface area contributed by atoms with Gasteiger partial charge in [-0.05, 0) is 23.8 Å². The number of nitrogens with zero attached hydrogens (tertiary/aromatic N) is 1. The van der Waals surface area contributed by atoms with Gasteiger partial charge in [0.15, 0.2) is 0 Å².